The first kappa shape index (κ1) is 17.0. The molecule has 1 amide bonds. The molecular weight excluding hydrogens is 340 g/mol. The van der Waals surface area contributed by atoms with Crippen LogP contribution in [0.25, 0.3) is 10.9 Å². The summed E-state index contributed by atoms with van der Waals surface area (Å²) in [5.74, 6) is -0.956. The molecule has 1 heterocycles. The van der Waals surface area contributed by atoms with Crippen LogP contribution in [-0.4, -0.2) is 23.1 Å². The zero-order chi connectivity index (χ0) is 18.0. The molecule has 0 saturated heterocycles. The number of carbonyl (C=O) groups excluding carboxylic acids is 2. The predicted octanol–water partition coefficient (Wildman–Crippen LogP) is 3.94. The number of para-hydroxylation sites is 1. The third kappa shape index (κ3) is 3.67. The second-order valence-corrected chi connectivity index (χ2v) is 6.17. The number of nitrogens with one attached hydrogen (secondary N) is 1. The number of hydrogen-bond donors (Lipinski definition) is 1. The van der Waals surface area contributed by atoms with Crippen LogP contribution in [0.5, 0.6) is 0 Å². The molecule has 25 heavy (non-hydrogen) atoms. The van der Waals surface area contributed by atoms with Crippen LogP contribution in [0.15, 0.2) is 48.7 Å². The molecular formula is C19H17ClN2O3. The van der Waals surface area contributed by atoms with E-state index in [1.807, 2.05) is 42.8 Å². The molecule has 128 valence electrons. The maximum Gasteiger partial charge on any atom is 0.340 e. The Balaban J connectivity index is 1.65. The van der Waals surface area contributed by atoms with Crippen LogP contribution >= 0.6 is 11.6 Å². The van der Waals surface area contributed by atoms with Crippen molar-refractivity contribution in [2.24, 2.45) is 7.05 Å². The van der Waals surface area contributed by atoms with Gasteiger partial charge >= 0.3 is 5.97 Å². The number of carbonyl (C=O) groups is 2. The lowest BCUT2D eigenvalue weighted by Gasteiger charge is -2.07. The molecule has 6 heteroatoms. The standard InChI is InChI=1S/C19H17ClN2O3/c1-12-7-8-13(9-16(12)20)21-18(23)11-25-19(24)15-10-22(2)17-6-4-3-5-14(15)17/h3-10H,11H2,1-2H3,(H,21,23). The first-order chi connectivity index (χ1) is 12.0. The molecule has 1 N–H and O–H groups in total. The number of aromatic nitrogens is 1. The summed E-state index contributed by atoms with van der Waals surface area (Å²) in [5.41, 5.74) is 2.83. The normalized spacial score (nSPS) is 10.7. The summed E-state index contributed by atoms with van der Waals surface area (Å²) in [6.07, 6.45) is 1.70. The lowest BCUT2D eigenvalue weighted by atomic mass is 10.2. The van der Waals surface area contributed by atoms with Crippen LogP contribution in [0.2, 0.25) is 5.02 Å². The van der Waals surface area contributed by atoms with Gasteiger partial charge in [0, 0.05) is 34.9 Å². The monoisotopic (exact) mass is 356 g/mol. The summed E-state index contributed by atoms with van der Waals surface area (Å²) >= 11 is 6.02. The van der Waals surface area contributed by atoms with Crippen LogP contribution in [0.4, 0.5) is 5.69 Å². The number of esters is 1. The summed E-state index contributed by atoms with van der Waals surface area (Å²) < 4.78 is 6.99. The lowest BCUT2D eigenvalue weighted by Crippen LogP contribution is -2.20. The van der Waals surface area contributed by atoms with Crippen molar-refractivity contribution in [1.29, 1.82) is 0 Å². The Hall–Kier alpha value is -2.79. The fourth-order valence-electron chi connectivity index (χ4n) is 2.58. The fourth-order valence-corrected chi connectivity index (χ4v) is 2.76. The van der Waals surface area contributed by atoms with Gasteiger partial charge in [0.2, 0.25) is 0 Å². The number of fused-ring (bicyclic) bond motifs is 1. The Morgan fingerprint density at radius 1 is 1.20 bits per heavy atom. The molecule has 0 aliphatic heterocycles. The molecule has 0 aliphatic rings. The van der Waals surface area contributed by atoms with Gasteiger partial charge in [-0.1, -0.05) is 35.9 Å². The van der Waals surface area contributed by atoms with Crippen LogP contribution in [-0.2, 0) is 16.6 Å². The van der Waals surface area contributed by atoms with Crippen molar-refractivity contribution >= 4 is 40.1 Å². The average Bonchev–Trinajstić information content (AvgIpc) is 2.93. The van der Waals surface area contributed by atoms with Gasteiger partial charge in [0.1, 0.15) is 0 Å². The van der Waals surface area contributed by atoms with Crippen molar-refractivity contribution < 1.29 is 14.3 Å². The van der Waals surface area contributed by atoms with Gasteiger partial charge in [-0.25, -0.2) is 4.79 Å². The van der Waals surface area contributed by atoms with Crippen molar-refractivity contribution in [3.8, 4) is 0 Å². The van der Waals surface area contributed by atoms with Crippen molar-refractivity contribution in [2.45, 2.75) is 6.92 Å². The highest BCUT2D eigenvalue weighted by Gasteiger charge is 2.16. The molecule has 0 atom stereocenters. The van der Waals surface area contributed by atoms with Crippen molar-refractivity contribution in [3.05, 3.63) is 64.8 Å². The SMILES string of the molecule is Cc1ccc(NC(=O)COC(=O)c2cn(C)c3ccccc23)cc1Cl. The maximum atomic E-state index is 12.3. The largest absolute Gasteiger partial charge is 0.452 e. The molecule has 0 aliphatic carbocycles. The van der Waals surface area contributed by atoms with Crippen LogP contribution in [0.1, 0.15) is 15.9 Å². The Bertz CT molecular complexity index is 962. The predicted molar refractivity (Wildman–Crippen MR) is 98.0 cm³/mol. The number of rotatable bonds is 4. The summed E-state index contributed by atoms with van der Waals surface area (Å²) in [4.78, 5) is 24.3. The highest BCUT2D eigenvalue weighted by Crippen LogP contribution is 2.21. The van der Waals surface area contributed by atoms with Crippen LogP contribution in [0.3, 0.4) is 0 Å². The Morgan fingerprint density at radius 2 is 1.96 bits per heavy atom. The van der Waals surface area contributed by atoms with E-state index in [9.17, 15) is 9.59 Å². The number of nitrogens with zero attached hydrogens (tertiary/aromatic N) is 1. The van der Waals surface area contributed by atoms with E-state index in [0.717, 1.165) is 16.5 Å². The molecule has 0 fully saturated rings. The molecule has 3 rings (SSSR count). The van der Waals surface area contributed by atoms with Gasteiger partial charge in [-0.3, -0.25) is 4.79 Å². The lowest BCUT2D eigenvalue weighted by molar-refractivity contribution is -0.119. The van der Waals surface area contributed by atoms with E-state index in [1.165, 1.54) is 0 Å². The summed E-state index contributed by atoms with van der Waals surface area (Å²) in [5, 5.41) is 4.01. The van der Waals surface area contributed by atoms with Gasteiger partial charge in [-0.15, -0.1) is 0 Å². The molecule has 0 spiro atoms. The maximum absolute atomic E-state index is 12.3. The molecule has 1 aromatic heterocycles. The second-order valence-electron chi connectivity index (χ2n) is 5.76. The molecule has 0 radical (unpaired) electrons. The van der Waals surface area contributed by atoms with Crippen LogP contribution in [0, 0.1) is 6.92 Å². The molecule has 0 bridgehead atoms. The van der Waals surface area contributed by atoms with E-state index in [0.29, 0.717) is 16.3 Å². The average molecular weight is 357 g/mol. The minimum Gasteiger partial charge on any atom is -0.452 e. The van der Waals surface area contributed by atoms with E-state index in [4.69, 9.17) is 16.3 Å². The molecule has 0 saturated carbocycles. The van der Waals surface area contributed by atoms with Crippen molar-refractivity contribution in [2.75, 3.05) is 11.9 Å². The van der Waals surface area contributed by atoms with Crippen LogP contribution < -0.4 is 5.32 Å². The Kier molecular flexibility index (Phi) is 4.76. The first-order valence-corrected chi connectivity index (χ1v) is 8.10. The number of benzene rings is 2. The van der Waals surface area contributed by atoms with Gasteiger partial charge in [0.25, 0.3) is 5.91 Å². The minimum atomic E-state index is -0.533. The number of aryl methyl sites for hydroxylation is 2. The number of halogens is 1. The third-order valence-electron chi connectivity index (χ3n) is 3.91. The highest BCUT2D eigenvalue weighted by atomic mass is 35.5. The molecule has 2 aromatic carbocycles. The summed E-state index contributed by atoms with van der Waals surface area (Å²) in [6.45, 7) is 1.51. The third-order valence-corrected chi connectivity index (χ3v) is 4.31. The van der Waals surface area contributed by atoms with E-state index in [2.05, 4.69) is 5.32 Å². The second kappa shape index (κ2) is 6.99. The zero-order valence-electron chi connectivity index (χ0n) is 13.9. The van der Waals surface area contributed by atoms with Crippen molar-refractivity contribution in [1.82, 2.24) is 4.57 Å². The first-order valence-electron chi connectivity index (χ1n) is 7.73. The molecule has 3 aromatic rings. The van der Waals surface area contributed by atoms with Gasteiger partial charge in [0.05, 0.1) is 5.56 Å². The summed E-state index contributed by atoms with van der Waals surface area (Å²) in [6, 6.07) is 12.7. The van der Waals surface area contributed by atoms with Crippen molar-refractivity contribution in [3.63, 3.8) is 0 Å². The number of amides is 1. The van der Waals surface area contributed by atoms with E-state index >= 15 is 0 Å². The van der Waals surface area contributed by atoms with E-state index in [1.54, 1.807) is 24.4 Å². The number of hydrogen-bond acceptors (Lipinski definition) is 3. The topological polar surface area (TPSA) is 60.3 Å². The van der Waals surface area contributed by atoms with E-state index < -0.39 is 11.9 Å². The minimum absolute atomic E-state index is 0.368. The fraction of sp³-hybridized carbons (Fsp3) is 0.158. The summed E-state index contributed by atoms with van der Waals surface area (Å²) in [7, 11) is 1.85. The molecule has 0 unspecified atom stereocenters. The zero-order valence-corrected chi connectivity index (χ0v) is 14.6. The van der Waals surface area contributed by atoms with Gasteiger partial charge in [-0.05, 0) is 30.7 Å². The smallest absolute Gasteiger partial charge is 0.340 e. The Morgan fingerprint density at radius 3 is 2.72 bits per heavy atom. The number of anilines is 1. The number of ether oxygens (including phenoxy) is 1. The van der Waals surface area contributed by atoms with Gasteiger partial charge in [-0.2, -0.15) is 0 Å². The highest BCUT2D eigenvalue weighted by molar-refractivity contribution is 6.31. The van der Waals surface area contributed by atoms with Gasteiger partial charge < -0.3 is 14.6 Å². The van der Waals surface area contributed by atoms with Gasteiger partial charge in [0.15, 0.2) is 6.61 Å². The molecule has 5 nitrogen and oxygen atoms in total. The van der Waals surface area contributed by atoms with E-state index in [-0.39, 0.29) is 6.61 Å². The quantitative estimate of drug-likeness (QED) is 0.720. The Labute approximate surface area is 150 Å².